The summed E-state index contributed by atoms with van der Waals surface area (Å²) in [7, 11) is -3.82. The minimum absolute atomic E-state index is 0.0478. The fraction of sp³-hybridized carbons (Fsp3) is 0.111. The molecular formula is C9H11FN2O2S. The van der Waals surface area contributed by atoms with Crippen molar-refractivity contribution in [1.29, 1.82) is 0 Å². The van der Waals surface area contributed by atoms with Crippen LogP contribution in [0, 0.1) is 5.82 Å². The predicted molar refractivity (Wildman–Crippen MR) is 56.2 cm³/mol. The van der Waals surface area contributed by atoms with Crippen molar-refractivity contribution < 1.29 is 12.8 Å². The normalized spacial score (nSPS) is 11.3. The largest absolute Gasteiger partial charge is 0.399 e. The van der Waals surface area contributed by atoms with E-state index in [9.17, 15) is 12.8 Å². The highest BCUT2D eigenvalue weighted by atomic mass is 32.2. The van der Waals surface area contributed by atoms with Gasteiger partial charge in [-0.2, -0.15) is 0 Å². The van der Waals surface area contributed by atoms with E-state index >= 15 is 0 Å². The molecule has 0 unspecified atom stereocenters. The molecule has 0 heterocycles. The van der Waals surface area contributed by atoms with Gasteiger partial charge in [-0.1, -0.05) is 6.08 Å². The highest BCUT2D eigenvalue weighted by molar-refractivity contribution is 7.89. The number of hydrogen-bond acceptors (Lipinski definition) is 3. The van der Waals surface area contributed by atoms with E-state index in [1.807, 2.05) is 0 Å². The van der Waals surface area contributed by atoms with Crippen molar-refractivity contribution in [3.05, 3.63) is 36.7 Å². The molecule has 1 aromatic rings. The Morgan fingerprint density at radius 1 is 1.53 bits per heavy atom. The molecule has 0 fully saturated rings. The summed E-state index contributed by atoms with van der Waals surface area (Å²) in [5, 5.41) is 0. The van der Waals surface area contributed by atoms with Crippen molar-refractivity contribution in [3.8, 4) is 0 Å². The lowest BCUT2D eigenvalue weighted by Gasteiger charge is -2.05. The summed E-state index contributed by atoms with van der Waals surface area (Å²) in [4.78, 5) is -0.418. The molecule has 0 spiro atoms. The van der Waals surface area contributed by atoms with Gasteiger partial charge in [0.25, 0.3) is 0 Å². The van der Waals surface area contributed by atoms with E-state index in [0.29, 0.717) is 0 Å². The Bertz CT molecular complexity index is 471. The van der Waals surface area contributed by atoms with Crippen molar-refractivity contribution in [1.82, 2.24) is 4.72 Å². The molecule has 4 nitrogen and oxygen atoms in total. The zero-order valence-corrected chi connectivity index (χ0v) is 8.72. The predicted octanol–water partition coefficient (Wildman–Crippen LogP) is 0.872. The average Bonchev–Trinajstić information content (AvgIpc) is 2.14. The molecule has 6 heteroatoms. The van der Waals surface area contributed by atoms with Gasteiger partial charge in [0, 0.05) is 12.2 Å². The molecule has 0 saturated heterocycles. The minimum Gasteiger partial charge on any atom is -0.399 e. The van der Waals surface area contributed by atoms with Gasteiger partial charge < -0.3 is 5.73 Å². The second-order valence-electron chi connectivity index (χ2n) is 2.83. The first-order valence-corrected chi connectivity index (χ1v) is 5.61. The number of nitrogens with one attached hydrogen (secondary N) is 1. The maximum atomic E-state index is 13.2. The third-order valence-electron chi connectivity index (χ3n) is 1.66. The second-order valence-corrected chi connectivity index (χ2v) is 4.57. The highest BCUT2D eigenvalue weighted by Gasteiger charge is 2.17. The van der Waals surface area contributed by atoms with Crippen LogP contribution >= 0.6 is 0 Å². The van der Waals surface area contributed by atoms with E-state index in [1.54, 1.807) is 0 Å². The zero-order chi connectivity index (χ0) is 11.5. The summed E-state index contributed by atoms with van der Waals surface area (Å²) < 4.78 is 38.4. The first-order valence-electron chi connectivity index (χ1n) is 4.13. The van der Waals surface area contributed by atoms with Gasteiger partial charge in [0.05, 0.1) is 0 Å². The Labute approximate surface area is 87.7 Å². The Morgan fingerprint density at radius 3 is 2.73 bits per heavy atom. The van der Waals surface area contributed by atoms with Gasteiger partial charge in [-0.25, -0.2) is 17.5 Å². The topological polar surface area (TPSA) is 72.2 Å². The van der Waals surface area contributed by atoms with Crippen LogP contribution in [0.1, 0.15) is 0 Å². The molecule has 0 saturated carbocycles. The van der Waals surface area contributed by atoms with E-state index in [0.717, 1.165) is 12.1 Å². The van der Waals surface area contributed by atoms with Crippen LogP contribution in [0.3, 0.4) is 0 Å². The second kappa shape index (κ2) is 4.41. The number of sulfonamides is 1. The lowest BCUT2D eigenvalue weighted by molar-refractivity contribution is 0.560. The third kappa shape index (κ3) is 2.77. The SMILES string of the molecule is C=CCNS(=O)(=O)c1ccc(N)cc1F. The van der Waals surface area contributed by atoms with Crippen LogP contribution in [0.25, 0.3) is 0 Å². The van der Waals surface area contributed by atoms with Gasteiger partial charge in [-0.15, -0.1) is 6.58 Å². The molecular weight excluding hydrogens is 219 g/mol. The molecule has 82 valence electrons. The third-order valence-corrected chi connectivity index (χ3v) is 3.12. The molecule has 0 aliphatic rings. The van der Waals surface area contributed by atoms with Gasteiger partial charge in [-0.05, 0) is 18.2 Å². The Kier molecular flexibility index (Phi) is 3.43. The van der Waals surface area contributed by atoms with Crippen LogP contribution in [0.15, 0.2) is 35.7 Å². The van der Waals surface area contributed by atoms with E-state index in [4.69, 9.17) is 5.73 Å². The number of nitrogens with two attached hydrogens (primary N) is 1. The van der Waals surface area contributed by atoms with Crippen molar-refractivity contribution in [2.24, 2.45) is 0 Å². The van der Waals surface area contributed by atoms with Gasteiger partial charge >= 0.3 is 0 Å². The van der Waals surface area contributed by atoms with E-state index in [1.165, 1.54) is 12.1 Å². The lowest BCUT2D eigenvalue weighted by Crippen LogP contribution is -2.24. The Balaban J connectivity index is 3.10. The molecule has 0 aliphatic heterocycles. The van der Waals surface area contributed by atoms with Crippen LogP contribution in [0.5, 0.6) is 0 Å². The van der Waals surface area contributed by atoms with Gasteiger partial charge in [-0.3, -0.25) is 0 Å². The number of anilines is 1. The number of rotatable bonds is 4. The van der Waals surface area contributed by atoms with E-state index in [2.05, 4.69) is 11.3 Å². The van der Waals surface area contributed by atoms with E-state index < -0.39 is 20.7 Å². The molecule has 0 bridgehead atoms. The molecule has 1 aromatic carbocycles. The summed E-state index contributed by atoms with van der Waals surface area (Å²) >= 11 is 0. The van der Waals surface area contributed by atoms with Crippen molar-refractivity contribution in [2.75, 3.05) is 12.3 Å². The van der Waals surface area contributed by atoms with Gasteiger partial charge in [0.15, 0.2) is 0 Å². The zero-order valence-electron chi connectivity index (χ0n) is 7.90. The smallest absolute Gasteiger partial charge is 0.243 e. The maximum absolute atomic E-state index is 13.2. The average molecular weight is 230 g/mol. The number of hydrogen-bond donors (Lipinski definition) is 2. The summed E-state index contributed by atoms with van der Waals surface area (Å²) in [5.41, 5.74) is 5.48. The highest BCUT2D eigenvalue weighted by Crippen LogP contribution is 2.16. The van der Waals surface area contributed by atoms with Crippen LogP contribution in [0.2, 0.25) is 0 Å². The molecule has 0 aliphatic carbocycles. The molecule has 15 heavy (non-hydrogen) atoms. The minimum atomic E-state index is -3.82. The van der Waals surface area contributed by atoms with Crippen molar-refractivity contribution in [3.63, 3.8) is 0 Å². The quantitative estimate of drug-likeness (QED) is 0.595. The molecule has 0 amide bonds. The molecule has 1 rings (SSSR count). The summed E-state index contributed by atoms with van der Waals surface area (Å²) in [6, 6.07) is 3.41. The lowest BCUT2D eigenvalue weighted by atomic mass is 10.3. The monoisotopic (exact) mass is 230 g/mol. The number of benzene rings is 1. The van der Waals surface area contributed by atoms with E-state index in [-0.39, 0.29) is 12.2 Å². The first-order chi connectivity index (χ1) is 6.97. The Hall–Kier alpha value is -1.40. The van der Waals surface area contributed by atoms with Gasteiger partial charge in [0.2, 0.25) is 10.0 Å². The standard InChI is InChI=1S/C9H11FN2O2S/c1-2-5-12-15(13,14)9-4-3-7(11)6-8(9)10/h2-4,6,12H,1,5,11H2. The maximum Gasteiger partial charge on any atom is 0.243 e. The molecule has 0 atom stereocenters. The molecule has 3 N–H and O–H groups in total. The fourth-order valence-corrected chi connectivity index (χ4v) is 2.04. The number of halogens is 1. The Morgan fingerprint density at radius 2 is 2.20 bits per heavy atom. The van der Waals surface area contributed by atoms with Crippen molar-refractivity contribution in [2.45, 2.75) is 4.90 Å². The molecule has 0 aromatic heterocycles. The fourth-order valence-electron chi connectivity index (χ4n) is 0.981. The summed E-state index contributed by atoms with van der Waals surface area (Å²) in [5.74, 6) is -0.869. The van der Waals surface area contributed by atoms with Crippen LogP contribution in [0.4, 0.5) is 10.1 Å². The van der Waals surface area contributed by atoms with Gasteiger partial charge in [0.1, 0.15) is 10.7 Å². The van der Waals surface area contributed by atoms with Crippen LogP contribution in [-0.2, 0) is 10.0 Å². The van der Waals surface area contributed by atoms with Crippen LogP contribution in [-0.4, -0.2) is 15.0 Å². The van der Waals surface area contributed by atoms with Crippen molar-refractivity contribution >= 4 is 15.7 Å². The summed E-state index contributed by atoms with van der Waals surface area (Å²) in [6.45, 7) is 3.40. The van der Waals surface area contributed by atoms with Crippen LogP contribution < -0.4 is 10.5 Å². The molecule has 0 radical (unpaired) electrons. The number of nitrogen functional groups attached to an aromatic ring is 1. The summed E-state index contributed by atoms with van der Waals surface area (Å²) in [6.07, 6.45) is 1.37. The first kappa shape index (κ1) is 11.7.